The molecule has 4 nitrogen and oxygen atoms in total. The molecule has 1 saturated heterocycles. The molecule has 0 radical (unpaired) electrons. The van der Waals surface area contributed by atoms with Gasteiger partial charge in [-0.1, -0.05) is 0 Å². The zero-order chi connectivity index (χ0) is 12.4. The van der Waals surface area contributed by atoms with Crippen molar-refractivity contribution in [3.63, 3.8) is 0 Å². The summed E-state index contributed by atoms with van der Waals surface area (Å²) in [4.78, 5) is 2.27. The molecule has 1 aromatic carbocycles. The second kappa shape index (κ2) is 4.94. The van der Waals surface area contributed by atoms with Crippen LogP contribution < -0.4 is 10.5 Å². The third-order valence-corrected chi connectivity index (χ3v) is 3.54. The van der Waals surface area contributed by atoms with E-state index in [0.717, 1.165) is 24.3 Å². The molecule has 17 heavy (non-hydrogen) atoms. The summed E-state index contributed by atoms with van der Waals surface area (Å²) in [5, 5.41) is 9.60. The maximum absolute atomic E-state index is 9.60. The predicted octanol–water partition coefficient (Wildman–Crippen LogP) is 1.35. The summed E-state index contributed by atoms with van der Waals surface area (Å²) in [6.07, 6.45) is 1.02. The van der Waals surface area contributed by atoms with Crippen molar-refractivity contribution in [2.45, 2.75) is 12.5 Å². The van der Waals surface area contributed by atoms with Crippen molar-refractivity contribution in [1.82, 2.24) is 4.90 Å². The zero-order valence-corrected chi connectivity index (χ0v) is 10.4. The number of phenolic OH excluding ortho intramolecular Hbond substituents is 1. The van der Waals surface area contributed by atoms with Gasteiger partial charge in [0.15, 0.2) is 0 Å². The molecule has 0 aromatic heterocycles. The average molecular weight is 236 g/mol. The van der Waals surface area contributed by atoms with Crippen molar-refractivity contribution in [3.8, 4) is 11.5 Å². The lowest BCUT2D eigenvalue weighted by Crippen LogP contribution is -2.20. The Hall–Kier alpha value is -1.26. The van der Waals surface area contributed by atoms with Crippen molar-refractivity contribution in [1.29, 1.82) is 0 Å². The normalized spacial score (nSPS) is 25.1. The Balaban J connectivity index is 2.30. The highest BCUT2D eigenvalue weighted by Gasteiger charge is 2.31. The van der Waals surface area contributed by atoms with E-state index in [2.05, 4.69) is 11.9 Å². The molecular formula is C13H20N2O2. The van der Waals surface area contributed by atoms with Crippen molar-refractivity contribution in [2.75, 3.05) is 27.2 Å². The van der Waals surface area contributed by atoms with Crippen LogP contribution in [-0.2, 0) is 0 Å². The molecule has 0 bridgehead atoms. The van der Waals surface area contributed by atoms with Crippen LogP contribution in [0.1, 0.15) is 18.0 Å². The van der Waals surface area contributed by atoms with E-state index in [1.165, 1.54) is 0 Å². The van der Waals surface area contributed by atoms with Gasteiger partial charge in [0, 0.05) is 18.2 Å². The van der Waals surface area contributed by atoms with Crippen molar-refractivity contribution >= 4 is 0 Å². The lowest BCUT2D eigenvalue weighted by atomic mass is 9.99. The van der Waals surface area contributed by atoms with Crippen LogP contribution in [0.2, 0.25) is 0 Å². The van der Waals surface area contributed by atoms with Gasteiger partial charge in [-0.05, 0) is 44.1 Å². The molecule has 0 saturated carbocycles. The SMILES string of the molecule is COc1ccc(O)cc1C1CC(CN)CN1C. The first-order chi connectivity index (χ1) is 8.15. The van der Waals surface area contributed by atoms with Crippen LogP contribution in [-0.4, -0.2) is 37.3 Å². The van der Waals surface area contributed by atoms with Crippen molar-refractivity contribution in [2.24, 2.45) is 11.7 Å². The first-order valence-corrected chi connectivity index (χ1v) is 5.93. The second-order valence-electron chi connectivity index (χ2n) is 4.72. The second-order valence-corrected chi connectivity index (χ2v) is 4.72. The molecule has 1 aromatic rings. The number of phenols is 1. The maximum Gasteiger partial charge on any atom is 0.123 e. The monoisotopic (exact) mass is 236 g/mol. The van der Waals surface area contributed by atoms with E-state index >= 15 is 0 Å². The Kier molecular flexibility index (Phi) is 3.54. The molecule has 0 spiro atoms. The molecule has 2 rings (SSSR count). The molecule has 1 aliphatic heterocycles. The smallest absolute Gasteiger partial charge is 0.123 e. The molecule has 2 atom stereocenters. The van der Waals surface area contributed by atoms with Gasteiger partial charge in [0.1, 0.15) is 11.5 Å². The average Bonchev–Trinajstić information content (AvgIpc) is 2.70. The number of benzene rings is 1. The van der Waals surface area contributed by atoms with E-state index < -0.39 is 0 Å². The molecular weight excluding hydrogens is 216 g/mol. The number of hydrogen-bond donors (Lipinski definition) is 2. The number of aromatic hydroxyl groups is 1. The largest absolute Gasteiger partial charge is 0.508 e. The summed E-state index contributed by atoms with van der Waals surface area (Å²) in [7, 11) is 3.75. The van der Waals surface area contributed by atoms with Gasteiger partial charge in [-0.3, -0.25) is 4.90 Å². The molecule has 0 aliphatic carbocycles. The minimum absolute atomic E-state index is 0.283. The molecule has 0 amide bonds. The van der Waals surface area contributed by atoms with Gasteiger partial charge < -0.3 is 15.6 Å². The molecule has 4 heteroatoms. The Morgan fingerprint density at radius 2 is 2.29 bits per heavy atom. The Labute approximate surface area is 102 Å². The number of nitrogens with two attached hydrogens (primary N) is 1. The molecule has 1 aliphatic rings. The molecule has 1 heterocycles. The van der Waals surface area contributed by atoms with E-state index in [1.54, 1.807) is 19.2 Å². The number of methoxy groups -OCH3 is 1. The fourth-order valence-corrected chi connectivity index (χ4v) is 2.62. The fraction of sp³-hybridized carbons (Fsp3) is 0.538. The number of rotatable bonds is 3. The summed E-state index contributed by atoms with van der Waals surface area (Å²) in [6.45, 7) is 1.71. The minimum atomic E-state index is 0.283. The quantitative estimate of drug-likeness (QED) is 0.831. The van der Waals surface area contributed by atoms with Crippen molar-refractivity contribution in [3.05, 3.63) is 23.8 Å². The zero-order valence-electron chi connectivity index (χ0n) is 10.4. The van der Waals surface area contributed by atoms with Crippen LogP contribution in [0.4, 0.5) is 0 Å². The topological polar surface area (TPSA) is 58.7 Å². The highest BCUT2D eigenvalue weighted by molar-refractivity contribution is 5.42. The summed E-state index contributed by atoms with van der Waals surface area (Å²) in [5.41, 5.74) is 6.78. The van der Waals surface area contributed by atoms with Gasteiger partial charge in [-0.15, -0.1) is 0 Å². The summed E-state index contributed by atoms with van der Waals surface area (Å²) in [5.74, 6) is 1.64. The van der Waals surface area contributed by atoms with Crippen LogP contribution in [0.5, 0.6) is 11.5 Å². The van der Waals surface area contributed by atoms with E-state index in [1.807, 2.05) is 6.07 Å². The maximum atomic E-state index is 9.60. The Bertz CT molecular complexity index is 395. The number of likely N-dealkylation sites (tertiary alicyclic amines) is 1. The fourth-order valence-electron chi connectivity index (χ4n) is 2.62. The molecule has 2 unspecified atom stereocenters. The third-order valence-electron chi connectivity index (χ3n) is 3.54. The first kappa shape index (κ1) is 12.2. The highest BCUT2D eigenvalue weighted by atomic mass is 16.5. The van der Waals surface area contributed by atoms with Crippen LogP contribution >= 0.6 is 0 Å². The minimum Gasteiger partial charge on any atom is -0.508 e. The Morgan fingerprint density at radius 3 is 2.88 bits per heavy atom. The van der Waals surface area contributed by atoms with E-state index in [4.69, 9.17) is 10.5 Å². The Morgan fingerprint density at radius 1 is 1.53 bits per heavy atom. The standard InChI is InChI=1S/C13H20N2O2/c1-15-8-9(7-14)5-12(15)11-6-10(16)3-4-13(11)17-2/h3-4,6,9,12,16H,5,7-8,14H2,1-2H3. The van der Waals surface area contributed by atoms with Gasteiger partial charge in [-0.25, -0.2) is 0 Å². The van der Waals surface area contributed by atoms with Gasteiger partial charge in [0.05, 0.1) is 7.11 Å². The lowest BCUT2D eigenvalue weighted by Gasteiger charge is -2.21. The predicted molar refractivity (Wildman–Crippen MR) is 67.2 cm³/mol. The third kappa shape index (κ3) is 2.37. The van der Waals surface area contributed by atoms with Crippen molar-refractivity contribution < 1.29 is 9.84 Å². The van der Waals surface area contributed by atoms with Gasteiger partial charge in [-0.2, -0.15) is 0 Å². The van der Waals surface area contributed by atoms with Crippen LogP contribution in [0.25, 0.3) is 0 Å². The number of ether oxygens (including phenoxy) is 1. The summed E-state index contributed by atoms with van der Waals surface area (Å²) in [6, 6.07) is 5.54. The van der Waals surface area contributed by atoms with E-state index in [0.29, 0.717) is 12.5 Å². The highest BCUT2D eigenvalue weighted by Crippen LogP contribution is 2.39. The summed E-state index contributed by atoms with van der Waals surface area (Å²) < 4.78 is 5.36. The first-order valence-electron chi connectivity index (χ1n) is 5.93. The molecule has 3 N–H and O–H groups in total. The number of hydrogen-bond acceptors (Lipinski definition) is 4. The van der Waals surface area contributed by atoms with E-state index in [-0.39, 0.29) is 11.8 Å². The molecule has 1 fully saturated rings. The number of nitrogens with zero attached hydrogens (tertiary/aromatic N) is 1. The van der Waals surface area contributed by atoms with E-state index in [9.17, 15) is 5.11 Å². The lowest BCUT2D eigenvalue weighted by molar-refractivity contribution is 0.302. The van der Waals surface area contributed by atoms with Crippen LogP contribution in [0.3, 0.4) is 0 Å². The molecule has 94 valence electrons. The van der Waals surface area contributed by atoms with Crippen LogP contribution in [0.15, 0.2) is 18.2 Å². The van der Waals surface area contributed by atoms with Gasteiger partial charge in [0.25, 0.3) is 0 Å². The van der Waals surface area contributed by atoms with Crippen LogP contribution in [0, 0.1) is 5.92 Å². The van der Waals surface area contributed by atoms with Gasteiger partial charge >= 0.3 is 0 Å². The van der Waals surface area contributed by atoms with Gasteiger partial charge in [0.2, 0.25) is 0 Å². The summed E-state index contributed by atoms with van der Waals surface area (Å²) >= 11 is 0.